The van der Waals surface area contributed by atoms with Gasteiger partial charge in [0.25, 0.3) is 0 Å². The molecule has 3 nitrogen and oxygen atoms in total. The molecule has 1 rings (SSSR count). The maximum atomic E-state index is 8.12. The number of hydrogen-bond donors (Lipinski definition) is 1. The summed E-state index contributed by atoms with van der Waals surface area (Å²) in [4.78, 5) is 0. The molecule has 1 atom stereocenters. The van der Waals surface area contributed by atoms with E-state index in [1.165, 1.54) is 6.26 Å². The fraction of sp³-hybridized carbons (Fsp3) is 0.167. The lowest BCUT2D eigenvalue weighted by atomic mass is 10.4. The van der Waals surface area contributed by atoms with Crippen molar-refractivity contribution in [1.29, 1.82) is 5.26 Å². The van der Waals surface area contributed by atoms with Crippen molar-refractivity contribution in [2.75, 3.05) is 0 Å². The molecule has 0 aliphatic carbocycles. The summed E-state index contributed by atoms with van der Waals surface area (Å²) in [7, 11) is 0. The molecule has 0 amide bonds. The average Bonchev–Trinajstić information content (AvgIpc) is 1.91. The van der Waals surface area contributed by atoms with Gasteiger partial charge < -0.3 is 4.74 Å². The Morgan fingerprint density at radius 1 is 1.56 bits per heavy atom. The maximum Gasteiger partial charge on any atom is 0.196 e. The predicted octanol–water partition coefficient (Wildman–Crippen LogP) is 0.483. The summed E-state index contributed by atoms with van der Waals surface area (Å²) in [6, 6.07) is 0. The standard InChI is InChI=1S/C6H6N2O/c7-5-8-6-3-1-2-4-9-6/h1-4,6,8H. The Hall–Kier alpha value is -1.43. The summed E-state index contributed by atoms with van der Waals surface area (Å²) >= 11 is 0. The minimum absolute atomic E-state index is 0.278. The second-order valence-electron chi connectivity index (χ2n) is 1.53. The van der Waals surface area contributed by atoms with Crippen LogP contribution in [0.1, 0.15) is 0 Å². The molecule has 0 bridgehead atoms. The quantitative estimate of drug-likeness (QED) is 0.406. The lowest BCUT2D eigenvalue weighted by molar-refractivity contribution is 0.167. The number of rotatable bonds is 1. The van der Waals surface area contributed by atoms with Crippen LogP contribution in [0.3, 0.4) is 0 Å². The van der Waals surface area contributed by atoms with E-state index in [1.54, 1.807) is 18.3 Å². The minimum Gasteiger partial charge on any atom is -0.474 e. The van der Waals surface area contributed by atoms with Crippen LogP contribution >= 0.6 is 0 Å². The van der Waals surface area contributed by atoms with Crippen molar-refractivity contribution in [3.8, 4) is 6.19 Å². The average molecular weight is 122 g/mol. The summed E-state index contributed by atoms with van der Waals surface area (Å²) < 4.78 is 4.92. The molecule has 9 heavy (non-hydrogen) atoms. The van der Waals surface area contributed by atoms with Crippen LogP contribution in [0, 0.1) is 11.5 Å². The Kier molecular flexibility index (Phi) is 1.76. The molecule has 0 saturated heterocycles. The smallest absolute Gasteiger partial charge is 0.196 e. The van der Waals surface area contributed by atoms with E-state index in [4.69, 9.17) is 10.00 Å². The van der Waals surface area contributed by atoms with Gasteiger partial charge in [0.1, 0.15) is 0 Å². The van der Waals surface area contributed by atoms with E-state index in [9.17, 15) is 0 Å². The third-order valence-corrected chi connectivity index (χ3v) is 0.908. The van der Waals surface area contributed by atoms with Crippen LogP contribution in [0.15, 0.2) is 24.5 Å². The van der Waals surface area contributed by atoms with Gasteiger partial charge in [0.15, 0.2) is 12.4 Å². The number of allylic oxidation sites excluding steroid dienone is 2. The molecule has 1 heterocycles. The molecule has 0 fully saturated rings. The van der Waals surface area contributed by atoms with Crippen LogP contribution in [-0.4, -0.2) is 6.23 Å². The van der Waals surface area contributed by atoms with Crippen molar-refractivity contribution in [1.82, 2.24) is 5.32 Å². The second kappa shape index (κ2) is 2.78. The maximum absolute atomic E-state index is 8.12. The lowest BCUT2D eigenvalue weighted by Gasteiger charge is -2.11. The Morgan fingerprint density at radius 3 is 3.00 bits per heavy atom. The summed E-state index contributed by atoms with van der Waals surface area (Å²) in [6.07, 6.45) is 8.37. The first kappa shape index (κ1) is 5.70. The number of ether oxygens (including phenoxy) is 1. The third-order valence-electron chi connectivity index (χ3n) is 0.908. The number of nitrogens with one attached hydrogen (secondary N) is 1. The van der Waals surface area contributed by atoms with Crippen LogP contribution < -0.4 is 5.32 Å². The van der Waals surface area contributed by atoms with E-state index < -0.39 is 0 Å². The van der Waals surface area contributed by atoms with Gasteiger partial charge in [-0.05, 0) is 12.2 Å². The van der Waals surface area contributed by atoms with Gasteiger partial charge in [0.05, 0.1) is 6.26 Å². The second-order valence-corrected chi connectivity index (χ2v) is 1.53. The van der Waals surface area contributed by atoms with E-state index in [-0.39, 0.29) is 6.23 Å². The molecular formula is C6H6N2O. The first-order chi connectivity index (χ1) is 4.43. The summed E-state index contributed by atoms with van der Waals surface area (Å²) in [6.45, 7) is 0. The fourth-order valence-electron chi connectivity index (χ4n) is 0.532. The Labute approximate surface area is 53.2 Å². The Morgan fingerprint density at radius 2 is 2.44 bits per heavy atom. The largest absolute Gasteiger partial charge is 0.474 e. The van der Waals surface area contributed by atoms with Crippen molar-refractivity contribution < 1.29 is 4.74 Å². The zero-order chi connectivity index (χ0) is 6.53. The highest BCUT2D eigenvalue weighted by Crippen LogP contribution is 1.96. The van der Waals surface area contributed by atoms with Crippen molar-refractivity contribution in [2.45, 2.75) is 6.23 Å². The molecular weight excluding hydrogens is 116 g/mol. The highest BCUT2D eigenvalue weighted by molar-refractivity contribution is 5.07. The number of nitrogens with zero attached hydrogens (tertiary/aromatic N) is 1. The molecule has 0 aromatic heterocycles. The molecule has 1 N–H and O–H groups in total. The first-order valence-corrected chi connectivity index (χ1v) is 2.57. The van der Waals surface area contributed by atoms with E-state index in [0.29, 0.717) is 0 Å². The molecule has 1 unspecified atom stereocenters. The summed E-state index contributed by atoms with van der Waals surface area (Å²) in [5, 5.41) is 10.5. The number of hydrogen-bond acceptors (Lipinski definition) is 3. The number of nitriles is 1. The van der Waals surface area contributed by atoms with E-state index in [1.807, 2.05) is 6.08 Å². The minimum atomic E-state index is -0.278. The predicted molar refractivity (Wildman–Crippen MR) is 31.9 cm³/mol. The molecule has 0 saturated carbocycles. The first-order valence-electron chi connectivity index (χ1n) is 2.57. The van der Waals surface area contributed by atoms with E-state index in [0.717, 1.165) is 0 Å². The molecule has 0 aromatic carbocycles. The SMILES string of the molecule is N#CNC1C=CC=CO1. The molecule has 0 spiro atoms. The molecule has 3 heteroatoms. The zero-order valence-electron chi connectivity index (χ0n) is 4.74. The van der Waals surface area contributed by atoms with Crippen molar-refractivity contribution in [3.63, 3.8) is 0 Å². The molecule has 0 aromatic rings. The van der Waals surface area contributed by atoms with Crippen LogP contribution in [0.5, 0.6) is 0 Å². The van der Waals surface area contributed by atoms with Crippen LogP contribution in [0.4, 0.5) is 0 Å². The highest BCUT2D eigenvalue weighted by Gasteiger charge is 2.00. The molecule has 1 aliphatic heterocycles. The van der Waals surface area contributed by atoms with Gasteiger partial charge in [-0.25, -0.2) is 0 Å². The van der Waals surface area contributed by atoms with Gasteiger partial charge >= 0.3 is 0 Å². The van der Waals surface area contributed by atoms with Crippen LogP contribution in [-0.2, 0) is 4.74 Å². The Bertz CT molecular complexity index is 178. The van der Waals surface area contributed by atoms with Crippen LogP contribution in [0.2, 0.25) is 0 Å². The third kappa shape index (κ3) is 1.50. The lowest BCUT2D eigenvalue weighted by Crippen LogP contribution is -2.24. The summed E-state index contributed by atoms with van der Waals surface area (Å²) in [5.41, 5.74) is 0. The zero-order valence-corrected chi connectivity index (χ0v) is 4.74. The van der Waals surface area contributed by atoms with Gasteiger partial charge in [0.2, 0.25) is 0 Å². The molecule has 0 radical (unpaired) electrons. The van der Waals surface area contributed by atoms with Gasteiger partial charge in [-0.1, -0.05) is 6.08 Å². The van der Waals surface area contributed by atoms with Gasteiger partial charge in [-0.2, -0.15) is 5.26 Å². The van der Waals surface area contributed by atoms with Crippen molar-refractivity contribution in [3.05, 3.63) is 24.5 Å². The highest BCUT2D eigenvalue weighted by atomic mass is 16.5. The van der Waals surface area contributed by atoms with Crippen molar-refractivity contribution >= 4 is 0 Å². The van der Waals surface area contributed by atoms with Gasteiger partial charge in [-0.15, -0.1) is 0 Å². The van der Waals surface area contributed by atoms with Crippen molar-refractivity contribution in [2.24, 2.45) is 0 Å². The van der Waals surface area contributed by atoms with Crippen LogP contribution in [0.25, 0.3) is 0 Å². The fourth-order valence-corrected chi connectivity index (χ4v) is 0.532. The van der Waals surface area contributed by atoms with Gasteiger partial charge in [-0.3, -0.25) is 5.32 Å². The monoisotopic (exact) mass is 122 g/mol. The summed E-state index contributed by atoms with van der Waals surface area (Å²) in [5.74, 6) is 0. The molecule has 46 valence electrons. The molecule has 1 aliphatic rings. The topological polar surface area (TPSA) is 45.0 Å². The normalized spacial score (nSPS) is 22.3. The van der Waals surface area contributed by atoms with E-state index >= 15 is 0 Å². The van der Waals surface area contributed by atoms with Gasteiger partial charge in [0, 0.05) is 0 Å². The van der Waals surface area contributed by atoms with E-state index in [2.05, 4.69) is 5.32 Å². The Balaban J connectivity index is 2.39.